The average Bonchev–Trinajstić information content (AvgIpc) is 2.21. The van der Waals surface area contributed by atoms with Gasteiger partial charge >= 0.3 is 0 Å². The second kappa shape index (κ2) is 6.77. The van der Waals surface area contributed by atoms with Gasteiger partial charge in [0.2, 0.25) is 0 Å². The number of benzene rings is 1. The van der Waals surface area contributed by atoms with Crippen LogP contribution in [0.5, 0.6) is 0 Å². The molecule has 3 heteroatoms. The lowest BCUT2D eigenvalue weighted by Crippen LogP contribution is -2.17. The summed E-state index contributed by atoms with van der Waals surface area (Å²) in [7, 11) is 0. The Labute approximate surface area is 96.4 Å². The first-order chi connectivity index (χ1) is 5.97. The van der Waals surface area contributed by atoms with E-state index >= 15 is 0 Å². The van der Waals surface area contributed by atoms with Crippen molar-refractivity contribution in [2.45, 2.75) is 13.8 Å². The Hall–Kier alpha value is -0.710. The van der Waals surface area contributed by atoms with Gasteiger partial charge in [0.05, 0.1) is 5.69 Å². The van der Waals surface area contributed by atoms with Gasteiger partial charge in [0.25, 0.3) is 0 Å². The monoisotopic (exact) mass is 290 g/mol. The maximum Gasteiger partial charge on any atom is 0.0612 e. The predicted molar refractivity (Wildman–Crippen MR) is 69.0 cm³/mol. The molecule has 13 heavy (non-hydrogen) atoms. The van der Waals surface area contributed by atoms with E-state index in [1.807, 2.05) is 44.3 Å². The van der Waals surface area contributed by atoms with Crippen molar-refractivity contribution in [1.29, 1.82) is 0 Å². The zero-order chi connectivity index (χ0) is 8.81. The molecule has 1 heterocycles. The number of halogens is 1. The fourth-order valence-electron chi connectivity index (χ4n) is 1.01. The molecule has 0 amide bonds. The molecule has 0 saturated carbocycles. The van der Waals surface area contributed by atoms with Crippen LogP contribution in [-0.2, 0) is 0 Å². The minimum Gasteiger partial charge on any atom is -0.308 e. The van der Waals surface area contributed by atoms with E-state index in [4.69, 9.17) is 0 Å². The Morgan fingerprint density at radius 1 is 1.08 bits per heavy atom. The molecule has 2 rings (SSSR count). The van der Waals surface area contributed by atoms with Crippen molar-refractivity contribution in [3.63, 3.8) is 0 Å². The summed E-state index contributed by atoms with van der Waals surface area (Å²) in [5.41, 5.74) is 8.29. The van der Waals surface area contributed by atoms with Crippen LogP contribution in [0.4, 0.5) is 5.69 Å². The molecule has 0 spiro atoms. The second-order valence-corrected chi connectivity index (χ2v) is 2.19. The summed E-state index contributed by atoms with van der Waals surface area (Å²) in [5, 5.41) is 0. The number of para-hydroxylation sites is 1. The molecule has 1 aromatic carbocycles. The van der Waals surface area contributed by atoms with Crippen LogP contribution in [0.15, 0.2) is 30.5 Å². The molecule has 0 bridgehead atoms. The maximum absolute atomic E-state index is 3.03. The molecule has 1 aliphatic rings. The minimum atomic E-state index is 0. The van der Waals surface area contributed by atoms with E-state index < -0.39 is 0 Å². The molecule has 2 N–H and O–H groups in total. The van der Waals surface area contributed by atoms with Gasteiger partial charge in [-0.1, -0.05) is 32.0 Å². The lowest BCUT2D eigenvalue weighted by atomic mass is 10.1. The maximum atomic E-state index is 3.03. The minimum absolute atomic E-state index is 0. The molecule has 0 unspecified atom stereocenters. The van der Waals surface area contributed by atoms with Crippen molar-refractivity contribution >= 4 is 35.7 Å². The van der Waals surface area contributed by atoms with Crippen LogP contribution < -0.4 is 10.9 Å². The van der Waals surface area contributed by atoms with Crippen molar-refractivity contribution in [1.82, 2.24) is 5.43 Å². The highest BCUT2D eigenvalue weighted by atomic mass is 127. The Balaban J connectivity index is 0.000000451. The van der Waals surface area contributed by atoms with Gasteiger partial charge in [0.1, 0.15) is 0 Å². The van der Waals surface area contributed by atoms with Gasteiger partial charge in [-0.25, -0.2) is 0 Å². The Morgan fingerprint density at radius 3 is 2.46 bits per heavy atom. The summed E-state index contributed by atoms with van der Waals surface area (Å²) in [5.74, 6) is 0. The molecular formula is C10H15IN2. The lowest BCUT2D eigenvalue weighted by molar-refractivity contribution is 1.05. The van der Waals surface area contributed by atoms with Gasteiger partial charge in [-0.3, -0.25) is 0 Å². The zero-order valence-corrected chi connectivity index (χ0v) is 10.2. The highest BCUT2D eigenvalue weighted by Crippen LogP contribution is 2.17. The fraction of sp³-hybridized carbons (Fsp3) is 0.200. The molecule has 0 aliphatic carbocycles. The van der Waals surface area contributed by atoms with Crippen LogP contribution in [0.3, 0.4) is 0 Å². The van der Waals surface area contributed by atoms with Gasteiger partial charge in [-0.2, -0.15) is 0 Å². The quantitative estimate of drug-likeness (QED) is 0.717. The van der Waals surface area contributed by atoms with Gasteiger partial charge in [0.15, 0.2) is 0 Å². The molecule has 0 saturated heterocycles. The lowest BCUT2D eigenvalue weighted by Gasteiger charge is -2.12. The topological polar surface area (TPSA) is 24.1 Å². The van der Waals surface area contributed by atoms with Crippen molar-refractivity contribution in [2.24, 2.45) is 0 Å². The summed E-state index contributed by atoms with van der Waals surface area (Å²) in [6.45, 7) is 4.00. The number of hydrazine groups is 1. The first kappa shape index (κ1) is 12.3. The number of fused-ring (bicyclic) bond motifs is 1. The third-order valence-corrected chi connectivity index (χ3v) is 1.51. The fourth-order valence-corrected chi connectivity index (χ4v) is 1.01. The molecular weight excluding hydrogens is 275 g/mol. The number of hydrogen-bond donors (Lipinski definition) is 2. The van der Waals surface area contributed by atoms with E-state index in [0.29, 0.717) is 0 Å². The van der Waals surface area contributed by atoms with E-state index in [2.05, 4.69) is 16.9 Å². The van der Waals surface area contributed by atoms with E-state index in [-0.39, 0.29) is 24.0 Å². The Kier molecular flexibility index (Phi) is 6.40. The van der Waals surface area contributed by atoms with Gasteiger partial charge in [-0.15, -0.1) is 24.0 Å². The summed E-state index contributed by atoms with van der Waals surface area (Å²) in [6.07, 6.45) is 3.91. The highest BCUT2D eigenvalue weighted by molar-refractivity contribution is 14.0. The standard InChI is InChI=1S/C8H8N2.C2H6.HI/c1-2-4-8-7(3-1)5-6-9-10-8;1-2;/h1-6,9-10H;1-2H3;1H. The van der Waals surface area contributed by atoms with Crippen LogP contribution in [0.2, 0.25) is 0 Å². The van der Waals surface area contributed by atoms with E-state index in [1.54, 1.807) is 0 Å². The van der Waals surface area contributed by atoms with E-state index in [9.17, 15) is 0 Å². The molecule has 0 atom stereocenters. The molecule has 0 fully saturated rings. The first-order valence-electron chi connectivity index (χ1n) is 4.24. The molecule has 1 aliphatic heterocycles. The summed E-state index contributed by atoms with van der Waals surface area (Å²) < 4.78 is 0. The van der Waals surface area contributed by atoms with Crippen LogP contribution in [0, 0.1) is 0 Å². The molecule has 2 nitrogen and oxygen atoms in total. The number of anilines is 1. The molecule has 0 aromatic heterocycles. The smallest absolute Gasteiger partial charge is 0.0612 e. The van der Waals surface area contributed by atoms with Gasteiger partial charge in [-0.05, 0) is 12.1 Å². The van der Waals surface area contributed by atoms with Gasteiger partial charge < -0.3 is 10.9 Å². The summed E-state index contributed by atoms with van der Waals surface area (Å²) in [4.78, 5) is 0. The van der Waals surface area contributed by atoms with Crippen molar-refractivity contribution in [3.8, 4) is 0 Å². The van der Waals surface area contributed by atoms with Crippen LogP contribution in [-0.4, -0.2) is 0 Å². The largest absolute Gasteiger partial charge is 0.308 e. The van der Waals surface area contributed by atoms with Crippen LogP contribution in [0.25, 0.3) is 6.08 Å². The second-order valence-electron chi connectivity index (χ2n) is 2.19. The van der Waals surface area contributed by atoms with Crippen molar-refractivity contribution in [3.05, 3.63) is 36.0 Å². The Bertz CT molecular complexity index is 271. The van der Waals surface area contributed by atoms with E-state index in [1.165, 1.54) is 5.56 Å². The van der Waals surface area contributed by atoms with E-state index in [0.717, 1.165) is 5.69 Å². The highest BCUT2D eigenvalue weighted by Gasteiger charge is 1.98. The number of rotatable bonds is 0. The van der Waals surface area contributed by atoms with Gasteiger partial charge in [0, 0.05) is 11.8 Å². The summed E-state index contributed by atoms with van der Waals surface area (Å²) >= 11 is 0. The normalized spacial score (nSPS) is 10.6. The Morgan fingerprint density at radius 2 is 1.77 bits per heavy atom. The third kappa shape index (κ3) is 3.26. The van der Waals surface area contributed by atoms with Crippen LogP contribution >= 0.6 is 24.0 Å². The SMILES string of the molecule is C1=Cc2ccccc2NN1.CC.I. The molecule has 1 aromatic rings. The molecule has 0 radical (unpaired) electrons. The average molecular weight is 290 g/mol. The van der Waals surface area contributed by atoms with Crippen LogP contribution in [0.1, 0.15) is 19.4 Å². The van der Waals surface area contributed by atoms with Crippen molar-refractivity contribution < 1.29 is 0 Å². The summed E-state index contributed by atoms with van der Waals surface area (Å²) in [6, 6.07) is 8.13. The number of nitrogens with one attached hydrogen (secondary N) is 2. The molecule has 72 valence electrons. The third-order valence-electron chi connectivity index (χ3n) is 1.51. The number of hydrogen-bond acceptors (Lipinski definition) is 2. The zero-order valence-electron chi connectivity index (χ0n) is 7.87. The first-order valence-corrected chi connectivity index (χ1v) is 4.24. The predicted octanol–water partition coefficient (Wildman–Crippen LogP) is 3.23. The van der Waals surface area contributed by atoms with Crippen molar-refractivity contribution in [2.75, 3.05) is 5.43 Å².